The van der Waals surface area contributed by atoms with E-state index < -0.39 is 28.9 Å². The van der Waals surface area contributed by atoms with Crippen molar-refractivity contribution in [1.82, 2.24) is 0 Å². The number of hydrogen-bond acceptors (Lipinski definition) is 16. The van der Waals surface area contributed by atoms with Gasteiger partial charge in [0, 0.05) is 35.5 Å². The lowest BCUT2D eigenvalue weighted by Crippen LogP contribution is -2.12. The van der Waals surface area contributed by atoms with Gasteiger partial charge in [0.05, 0.1) is 66.1 Å². The molecule has 0 amide bonds. The van der Waals surface area contributed by atoms with E-state index in [1.54, 1.807) is 24.3 Å². The highest BCUT2D eigenvalue weighted by molar-refractivity contribution is 7.78. The average Bonchev–Trinajstić information content (AvgIpc) is 3.01. The first-order valence-electron chi connectivity index (χ1n) is 13.5. The second-order valence-electron chi connectivity index (χ2n) is 8.46. The third-order valence-electron chi connectivity index (χ3n) is 5.10. The van der Waals surface area contributed by atoms with Crippen LogP contribution < -0.4 is 4.52 Å². The van der Waals surface area contributed by atoms with Crippen molar-refractivity contribution in [1.29, 1.82) is 0 Å². The highest BCUT2D eigenvalue weighted by Crippen LogP contribution is 2.80. The molecule has 1 aromatic carbocycles. The summed E-state index contributed by atoms with van der Waals surface area (Å²) >= 11 is 0. The molecule has 1 aromatic rings. The van der Waals surface area contributed by atoms with Crippen LogP contribution in [0.2, 0.25) is 0 Å². The van der Waals surface area contributed by atoms with Gasteiger partial charge in [-0.2, -0.15) is 4.79 Å². The van der Waals surface area contributed by atoms with Gasteiger partial charge in [0.25, 0.3) is 0 Å². The van der Waals surface area contributed by atoms with Crippen molar-refractivity contribution in [2.75, 3.05) is 102 Å². The van der Waals surface area contributed by atoms with E-state index in [9.17, 15) is 4.79 Å². The molecule has 1 heterocycles. The molecule has 1 atom stereocenters. The maximum absolute atomic E-state index is 11.5. The molecule has 0 fully saturated rings. The van der Waals surface area contributed by atoms with Crippen LogP contribution in [-0.4, -0.2) is 119 Å². The van der Waals surface area contributed by atoms with Gasteiger partial charge in [0.2, 0.25) is 0 Å². The number of esters is 1. The molecule has 0 saturated heterocycles. The summed E-state index contributed by atoms with van der Waals surface area (Å²) in [5.41, 5.74) is 9.13. The molecule has 0 saturated carbocycles. The molecule has 21 heteroatoms. The van der Waals surface area contributed by atoms with Crippen LogP contribution in [0, 0.1) is 0 Å². The Morgan fingerprint density at radius 2 is 1.02 bits per heavy atom. The van der Waals surface area contributed by atoms with E-state index >= 15 is 0 Å². The monoisotopic (exact) mass is 701 g/mol. The normalized spacial score (nSPS) is 18.2. The largest absolute Gasteiger partial charge is 0.452 e. The third kappa shape index (κ3) is 14.2. The van der Waals surface area contributed by atoms with E-state index in [0.717, 1.165) is 0 Å². The minimum Gasteiger partial charge on any atom is -0.452 e. The minimum atomic E-state index is -3.75. The van der Waals surface area contributed by atoms with Crippen molar-refractivity contribution >= 4 is 35.2 Å². The fraction of sp³-hybridized carbons (Fsp3) is 0.667. The van der Waals surface area contributed by atoms with E-state index in [2.05, 4.69) is 4.79 Å². The van der Waals surface area contributed by atoms with Crippen molar-refractivity contribution in [3.8, 4) is 5.75 Å². The molecule has 1 aliphatic heterocycles. The van der Waals surface area contributed by atoms with Crippen LogP contribution >= 0.6 is 23.0 Å². The van der Waals surface area contributed by atoms with Crippen LogP contribution in [0.3, 0.4) is 0 Å². The Morgan fingerprint density at radius 1 is 0.644 bits per heavy atom. The van der Waals surface area contributed by atoms with E-state index in [1.807, 2.05) is 0 Å². The molecule has 1 aliphatic rings. The molecule has 0 bridgehead atoms. The van der Waals surface area contributed by atoms with Crippen LogP contribution in [0.15, 0.2) is 37.8 Å². The second-order valence-corrected chi connectivity index (χ2v) is 15.0. The summed E-state index contributed by atoms with van der Waals surface area (Å²) in [5.74, 6) is -0.497. The molecule has 0 spiro atoms. The van der Waals surface area contributed by atoms with Gasteiger partial charge < -0.3 is 56.6 Å². The van der Waals surface area contributed by atoms with E-state index in [1.165, 1.54) is 35.5 Å². The Morgan fingerprint density at radius 3 is 1.42 bits per heavy atom. The zero-order chi connectivity index (χ0) is 32.9. The summed E-state index contributed by atoms with van der Waals surface area (Å²) in [6.45, 7) is 1.25. The maximum Gasteiger partial charge on any atom is 0.413 e. The van der Waals surface area contributed by atoms with E-state index in [0.29, 0.717) is 17.5 Å². The molecule has 0 radical (unpaired) electrons. The lowest BCUT2D eigenvalue weighted by molar-refractivity contribution is -0.140. The Kier molecular flexibility index (Phi) is 19.1. The van der Waals surface area contributed by atoms with Crippen LogP contribution in [0.4, 0.5) is 0 Å². The highest BCUT2D eigenvalue weighted by Gasteiger charge is 2.44. The van der Waals surface area contributed by atoms with Gasteiger partial charge in [-0.25, -0.2) is 4.79 Å². The number of ether oxygens (including phenoxy) is 6. The summed E-state index contributed by atoms with van der Waals surface area (Å²) in [5, 5.41) is 0. The molecule has 45 heavy (non-hydrogen) atoms. The molecule has 0 aliphatic carbocycles. The summed E-state index contributed by atoms with van der Waals surface area (Å²) in [6, 6.07) is 6.57. The van der Waals surface area contributed by atoms with Gasteiger partial charge in [-0.1, -0.05) is 12.1 Å². The number of benzene rings is 1. The predicted molar refractivity (Wildman–Crippen MR) is 164 cm³/mol. The predicted octanol–water partition coefficient (Wildman–Crippen LogP) is 4.58. The molecular formula is C24H42N5O13P3. The van der Waals surface area contributed by atoms with Crippen molar-refractivity contribution < 1.29 is 65.1 Å². The molecule has 2 rings (SSSR count). The second kappa shape index (κ2) is 21.9. The van der Waals surface area contributed by atoms with Crippen molar-refractivity contribution in [3.63, 3.8) is 0 Å². The highest BCUT2D eigenvalue weighted by atomic mass is 31.3. The molecule has 0 N–H and O–H groups in total. The fourth-order valence-electron chi connectivity index (χ4n) is 3.10. The van der Waals surface area contributed by atoms with Gasteiger partial charge in [-0.05, 0) is 17.7 Å². The van der Waals surface area contributed by atoms with E-state index in [4.69, 9.17) is 74.6 Å². The van der Waals surface area contributed by atoms with Crippen molar-refractivity contribution in [2.24, 2.45) is 13.5 Å². The maximum atomic E-state index is 11.5. The number of carbonyl (C=O) groups excluding carboxylic acids is 1. The van der Waals surface area contributed by atoms with Gasteiger partial charge in [-0.15, -0.1) is 13.5 Å². The zero-order valence-electron chi connectivity index (χ0n) is 26.0. The Bertz CT molecular complexity index is 1190. The summed E-state index contributed by atoms with van der Waals surface area (Å²) in [4.78, 5) is 14.2. The Labute approximate surface area is 263 Å². The SMILES string of the molecule is COCCOP1(OCCOC)=NP(OCCOC)(OCCOC)=NP(OCCOC)(Oc2ccc(COC(=O)C=[N+]=[N-])cc2)=N1. The Hall–Kier alpha value is -1.84. The molecule has 1 unspecified atom stereocenters. The number of rotatable bonds is 25. The summed E-state index contributed by atoms with van der Waals surface area (Å²) in [6.07, 6.45) is 0.651. The van der Waals surface area contributed by atoms with Crippen LogP contribution in [0.5, 0.6) is 5.75 Å². The van der Waals surface area contributed by atoms with E-state index in [-0.39, 0.29) is 72.7 Å². The van der Waals surface area contributed by atoms with Gasteiger partial charge in [-0.3, -0.25) is 4.52 Å². The number of hydrogen-bond donors (Lipinski definition) is 0. The minimum absolute atomic E-state index is 0.0318. The van der Waals surface area contributed by atoms with Gasteiger partial charge in [0.15, 0.2) is 0 Å². The smallest absolute Gasteiger partial charge is 0.413 e. The lowest BCUT2D eigenvalue weighted by atomic mass is 10.2. The van der Waals surface area contributed by atoms with Gasteiger partial charge in [0.1, 0.15) is 12.4 Å². The zero-order valence-corrected chi connectivity index (χ0v) is 28.7. The number of nitrogens with zero attached hydrogens (tertiary/aromatic N) is 5. The first-order valence-corrected chi connectivity index (χ1v) is 18.1. The molecule has 0 aromatic heterocycles. The van der Waals surface area contributed by atoms with Gasteiger partial charge >= 0.3 is 35.2 Å². The number of methoxy groups -OCH3 is 5. The number of carbonyl (C=O) groups is 1. The van der Waals surface area contributed by atoms with Crippen LogP contribution in [-0.2, 0) is 62.4 Å². The summed E-state index contributed by atoms with van der Waals surface area (Å²) in [7, 11) is -3.37. The average molecular weight is 702 g/mol. The third-order valence-corrected chi connectivity index (χ3v) is 13.6. The first-order chi connectivity index (χ1) is 21.8. The molecular weight excluding hydrogens is 659 g/mol. The fourth-order valence-corrected chi connectivity index (χ4v) is 12.4. The Balaban J connectivity index is 2.71. The standard InChI is InChI=1S/C24H42N5O13P3/c1-31-10-15-37-43(38-16-11-32-2)27-44(39-17-12-33-3,40-18-13-34-4)29-45(28-43,41-19-14-35-5)42-23-8-6-22(7-9-23)21-36-24(30)20-26-25/h6-9,20H,10-19,21H2,1-5H3. The molecule has 256 valence electrons. The lowest BCUT2D eigenvalue weighted by Gasteiger charge is -2.33. The quantitative estimate of drug-likeness (QED) is 0.0343. The first kappa shape index (κ1) is 39.3. The van der Waals surface area contributed by atoms with Crippen molar-refractivity contribution in [2.45, 2.75) is 6.61 Å². The van der Waals surface area contributed by atoms with Crippen molar-refractivity contribution in [3.05, 3.63) is 35.4 Å². The summed E-state index contributed by atoms with van der Waals surface area (Å²) < 4.78 is 83.0. The molecule has 18 nitrogen and oxygen atoms in total. The topological polar surface area (TPSA) is 201 Å². The van der Waals surface area contributed by atoms with Crippen LogP contribution in [0.1, 0.15) is 5.56 Å². The van der Waals surface area contributed by atoms with Crippen LogP contribution in [0.25, 0.3) is 5.53 Å².